The zero-order chi connectivity index (χ0) is 14.1. The monoisotopic (exact) mass is 381 g/mol. The van der Waals surface area contributed by atoms with Gasteiger partial charge in [-0.2, -0.15) is 0 Å². The van der Waals surface area contributed by atoms with Crippen LogP contribution >= 0.6 is 22.6 Å². The molecule has 20 heavy (non-hydrogen) atoms. The van der Waals surface area contributed by atoms with Crippen molar-refractivity contribution in [2.24, 2.45) is 0 Å². The van der Waals surface area contributed by atoms with E-state index in [-0.39, 0.29) is 0 Å². The molecule has 1 aliphatic carbocycles. The Morgan fingerprint density at radius 3 is 2.65 bits per heavy atom. The number of aryl methyl sites for hydroxylation is 1. The molecule has 0 amide bonds. The largest absolute Gasteiger partial charge is 0.383 e. The van der Waals surface area contributed by atoms with Crippen LogP contribution in [0, 0.1) is 10.5 Å². The van der Waals surface area contributed by atoms with Gasteiger partial charge in [0.1, 0.15) is 17.3 Å². The minimum Gasteiger partial charge on any atom is -0.383 e. The lowest BCUT2D eigenvalue weighted by Crippen LogP contribution is -2.08. The molecule has 1 saturated carbocycles. The fourth-order valence-electron chi connectivity index (χ4n) is 2.65. The van der Waals surface area contributed by atoms with E-state index in [2.05, 4.69) is 37.5 Å². The van der Waals surface area contributed by atoms with Crippen molar-refractivity contribution in [2.75, 3.05) is 5.73 Å². The van der Waals surface area contributed by atoms with Crippen molar-refractivity contribution in [3.05, 3.63) is 27.4 Å². The van der Waals surface area contributed by atoms with Gasteiger partial charge in [0.2, 0.25) is 0 Å². The van der Waals surface area contributed by atoms with Gasteiger partial charge in [-0.25, -0.2) is 19.9 Å². The minimum absolute atomic E-state index is 0.508. The third-order valence-electron chi connectivity index (χ3n) is 3.65. The fourth-order valence-corrected chi connectivity index (χ4v) is 3.33. The Morgan fingerprint density at radius 2 is 1.95 bits per heavy atom. The Morgan fingerprint density at radius 1 is 1.20 bits per heavy atom. The number of hydrogen-bond donors (Lipinski definition) is 1. The highest BCUT2D eigenvalue weighted by atomic mass is 127. The molecular formula is C14H16IN5. The smallest absolute Gasteiger partial charge is 0.180 e. The number of nitrogens with two attached hydrogens (primary N) is 1. The summed E-state index contributed by atoms with van der Waals surface area (Å²) in [7, 11) is 0. The first-order chi connectivity index (χ1) is 9.65. The zero-order valence-corrected chi connectivity index (χ0v) is 13.5. The molecule has 0 spiro atoms. The van der Waals surface area contributed by atoms with E-state index in [4.69, 9.17) is 10.7 Å². The highest BCUT2D eigenvalue weighted by Gasteiger charge is 2.23. The zero-order valence-electron chi connectivity index (χ0n) is 11.3. The lowest BCUT2D eigenvalue weighted by Gasteiger charge is -2.13. The SMILES string of the molecule is Cc1nccc(-c2nc(N)c(I)c(C3CCCC3)n2)n1. The Bertz CT molecular complexity index is 637. The number of hydrogen-bond acceptors (Lipinski definition) is 5. The van der Waals surface area contributed by atoms with Gasteiger partial charge in [0.25, 0.3) is 0 Å². The summed E-state index contributed by atoms with van der Waals surface area (Å²) in [6.45, 7) is 1.86. The second kappa shape index (κ2) is 5.59. The summed E-state index contributed by atoms with van der Waals surface area (Å²) in [6.07, 6.45) is 6.65. The summed E-state index contributed by atoms with van der Waals surface area (Å²) in [4.78, 5) is 17.6. The van der Waals surface area contributed by atoms with E-state index < -0.39 is 0 Å². The summed E-state index contributed by atoms with van der Waals surface area (Å²) < 4.78 is 0.990. The standard InChI is InChI=1S/C14H16IN5/c1-8-17-7-6-10(18-8)14-19-12(9-4-2-3-5-9)11(15)13(16)20-14/h6-7,9H,2-5H2,1H3,(H2,16,19,20). The summed E-state index contributed by atoms with van der Waals surface area (Å²) in [5.41, 5.74) is 7.88. The summed E-state index contributed by atoms with van der Waals surface area (Å²) in [5, 5.41) is 0. The van der Waals surface area contributed by atoms with Crippen molar-refractivity contribution >= 4 is 28.4 Å². The van der Waals surface area contributed by atoms with Crippen LogP contribution in [-0.4, -0.2) is 19.9 Å². The number of aromatic nitrogens is 4. The first-order valence-corrected chi connectivity index (χ1v) is 7.86. The average Bonchev–Trinajstić information content (AvgIpc) is 2.95. The highest BCUT2D eigenvalue weighted by Crippen LogP contribution is 2.37. The first kappa shape index (κ1) is 13.7. The van der Waals surface area contributed by atoms with E-state index in [1.165, 1.54) is 25.7 Å². The molecule has 1 fully saturated rings. The second-order valence-corrected chi connectivity index (χ2v) is 6.18. The van der Waals surface area contributed by atoms with Crippen molar-refractivity contribution in [2.45, 2.75) is 38.5 Å². The van der Waals surface area contributed by atoms with Crippen LogP contribution < -0.4 is 5.73 Å². The van der Waals surface area contributed by atoms with E-state index in [0.29, 0.717) is 23.4 Å². The molecule has 5 nitrogen and oxygen atoms in total. The number of anilines is 1. The highest BCUT2D eigenvalue weighted by molar-refractivity contribution is 14.1. The minimum atomic E-state index is 0.508. The van der Waals surface area contributed by atoms with E-state index in [9.17, 15) is 0 Å². The summed E-state index contributed by atoms with van der Waals surface area (Å²) in [5.74, 6) is 2.38. The van der Waals surface area contributed by atoms with E-state index in [1.807, 2.05) is 13.0 Å². The third-order valence-corrected chi connectivity index (χ3v) is 4.75. The van der Waals surface area contributed by atoms with Gasteiger partial charge in [0.15, 0.2) is 5.82 Å². The van der Waals surface area contributed by atoms with E-state index in [1.54, 1.807) is 6.20 Å². The Balaban J connectivity index is 2.08. The van der Waals surface area contributed by atoms with Gasteiger partial charge < -0.3 is 5.73 Å². The van der Waals surface area contributed by atoms with Gasteiger partial charge in [-0.1, -0.05) is 12.8 Å². The molecule has 0 atom stereocenters. The quantitative estimate of drug-likeness (QED) is 0.809. The molecule has 3 rings (SSSR count). The fraction of sp³-hybridized carbons (Fsp3) is 0.429. The molecule has 0 aliphatic heterocycles. The van der Waals surface area contributed by atoms with Gasteiger partial charge in [0.05, 0.1) is 9.26 Å². The third kappa shape index (κ3) is 2.61. The molecule has 2 aromatic rings. The Kier molecular flexibility index (Phi) is 3.82. The topological polar surface area (TPSA) is 77.6 Å². The lowest BCUT2D eigenvalue weighted by molar-refractivity contribution is 0.690. The van der Waals surface area contributed by atoms with Crippen LogP contribution in [-0.2, 0) is 0 Å². The van der Waals surface area contributed by atoms with Gasteiger partial charge in [-0.15, -0.1) is 0 Å². The van der Waals surface area contributed by atoms with Crippen molar-refractivity contribution in [3.63, 3.8) is 0 Å². The Hall–Kier alpha value is -1.31. The molecule has 2 N–H and O–H groups in total. The van der Waals surface area contributed by atoms with Gasteiger partial charge in [-0.05, 0) is 48.4 Å². The predicted octanol–water partition coefficient (Wildman–Crippen LogP) is 3.09. The molecular weight excluding hydrogens is 365 g/mol. The predicted molar refractivity (Wildman–Crippen MR) is 86.1 cm³/mol. The molecule has 2 heterocycles. The number of rotatable bonds is 2. The van der Waals surface area contributed by atoms with Crippen molar-refractivity contribution in [1.29, 1.82) is 0 Å². The number of nitrogen functional groups attached to an aromatic ring is 1. The number of halogens is 1. The lowest BCUT2D eigenvalue weighted by atomic mass is 10.0. The molecule has 0 unspecified atom stereocenters. The summed E-state index contributed by atoms with van der Waals surface area (Å²) >= 11 is 2.25. The maximum Gasteiger partial charge on any atom is 0.180 e. The van der Waals surface area contributed by atoms with Crippen LogP contribution in [0.5, 0.6) is 0 Å². The summed E-state index contributed by atoms with van der Waals surface area (Å²) in [6, 6.07) is 1.83. The van der Waals surface area contributed by atoms with Crippen LogP contribution in [0.1, 0.15) is 43.1 Å². The molecule has 0 saturated heterocycles. The van der Waals surface area contributed by atoms with Crippen LogP contribution in [0.25, 0.3) is 11.5 Å². The molecule has 6 heteroatoms. The van der Waals surface area contributed by atoms with Gasteiger partial charge >= 0.3 is 0 Å². The van der Waals surface area contributed by atoms with Crippen LogP contribution in [0.15, 0.2) is 12.3 Å². The maximum absolute atomic E-state index is 6.06. The maximum atomic E-state index is 6.06. The molecule has 104 valence electrons. The van der Waals surface area contributed by atoms with Crippen LogP contribution in [0.2, 0.25) is 0 Å². The van der Waals surface area contributed by atoms with E-state index in [0.717, 1.165) is 15.0 Å². The molecule has 2 aromatic heterocycles. The molecule has 1 aliphatic rings. The first-order valence-electron chi connectivity index (χ1n) is 6.78. The normalized spacial score (nSPS) is 15.7. The second-order valence-electron chi connectivity index (χ2n) is 5.10. The van der Waals surface area contributed by atoms with Gasteiger partial charge in [0, 0.05) is 12.1 Å². The van der Waals surface area contributed by atoms with Gasteiger partial charge in [-0.3, -0.25) is 0 Å². The van der Waals surface area contributed by atoms with Crippen molar-refractivity contribution in [1.82, 2.24) is 19.9 Å². The molecule has 0 bridgehead atoms. The van der Waals surface area contributed by atoms with Crippen LogP contribution in [0.4, 0.5) is 5.82 Å². The van der Waals surface area contributed by atoms with Crippen molar-refractivity contribution in [3.8, 4) is 11.5 Å². The number of nitrogens with zero attached hydrogens (tertiary/aromatic N) is 4. The average molecular weight is 381 g/mol. The molecule has 0 aromatic carbocycles. The van der Waals surface area contributed by atoms with Crippen LogP contribution in [0.3, 0.4) is 0 Å². The van der Waals surface area contributed by atoms with Crippen molar-refractivity contribution < 1.29 is 0 Å². The van der Waals surface area contributed by atoms with E-state index >= 15 is 0 Å². The molecule has 0 radical (unpaired) electrons. The Labute approximate surface area is 131 Å².